The third kappa shape index (κ3) is 13.2. The van der Waals surface area contributed by atoms with Gasteiger partial charge in [-0.2, -0.15) is 0 Å². The first-order chi connectivity index (χ1) is 81.0. The van der Waals surface area contributed by atoms with Gasteiger partial charge in [-0.3, -0.25) is 0 Å². The lowest BCUT2D eigenvalue weighted by atomic mass is 9.69. The van der Waals surface area contributed by atoms with Crippen LogP contribution in [0.1, 0.15) is 252 Å². The average Bonchev–Trinajstić information content (AvgIpc) is 1.42. The van der Waals surface area contributed by atoms with Crippen molar-refractivity contribution >= 4 is 88.0 Å². The number of hydrogen-bond acceptors (Lipinski definition) is 6. The van der Waals surface area contributed by atoms with Crippen molar-refractivity contribution in [1.29, 1.82) is 0 Å². The first-order valence-electron chi connectivity index (χ1n) is 65.2. The monoisotopic (exact) mass is 1800 g/mol. The number of furan rings is 4. The lowest BCUT2D eigenvalue weighted by Crippen LogP contribution is -2.31. The summed E-state index contributed by atoms with van der Waals surface area (Å²) in [6.07, 6.45) is 0.106. The SMILES string of the molecule is [2H]C([2H])([2H])CC1(CC([2H])([2H])[2H])c2ccccc2-c2c1ccc1c2oc2c(-c3cc(C([2H])([2H])[2H])c(C([2H])([2H])[2H])c[n+]3C)c(C)ccc21.[2H]C([2H])([2H])c1cc(-c2c(C)ccc3c2oc2c4c(ccc23)C(C([2H])([2H])[2H])(C([2H])([2H])[2H])c2ccccc2-4)[n+](C)cc1C([2H])([2H])[2H].[2H]C([2H])([2H])c1ccc(-c2c(C)ccc3c2oc2nc4c(cc23)-c2ccccc2C4(C([2H])([2H])C([2H])(C)C([2H])([2H])[2H])C([2H])([2H])C([2H])(C)C([2H])([2H])[2H])[n+](C)c1.[2H]C([2H])([2H])c1ccc(-c2c(C)ccc3c2oc2ncc4c(c23)C(C)(C)c2ccccc2-4)[n+](C)c1. The molecule has 0 bridgehead atoms. The van der Waals surface area contributed by atoms with E-state index in [0.29, 0.717) is 128 Å². The number of hydrogen-bond donors (Lipinski definition) is 0. The molecule has 2 unspecified atom stereocenters. The maximum atomic E-state index is 9.61. The zero-order valence-corrected chi connectivity index (χ0v) is 75.8. The molecule has 4 aliphatic carbocycles. The fourth-order valence-corrected chi connectivity index (χ4v) is 21.5. The van der Waals surface area contributed by atoms with Crippen molar-refractivity contribution in [3.8, 4) is 89.5 Å². The van der Waals surface area contributed by atoms with Gasteiger partial charge in [0.15, 0.2) is 36.0 Å². The van der Waals surface area contributed by atoms with Crippen LogP contribution in [0.5, 0.6) is 0 Å². The van der Waals surface area contributed by atoms with Crippen LogP contribution in [0.15, 0.2) is 261 Å². The van der Waals surface area contributed by atoms with Crippen molar-refractivity contribution < 1.29 is 93.5 Å². The molecule has 668 valence electrons. The Labute approximate surface area is 846 Å². The Bertz CT molecular complexity index is 10100. The van der Waals surface area contributed by atoms with Crippen molar-refractivity contribution in [1.82, 2.24) is 9.97 Å². The third-order valence-corrected chi connectivity index (χ3v) is 27.7. The highest BCUT2D eigenvalue weighted by Gasteiger charge is 2.48. The third-order valence-electron chi connectivity index (χ3n) is 27.7. The van der Waals surface area contributed by atoms with E-state index in [1.165, 1.54) is 65.6 Å². The summed E-state index contributed by atoms with van der Waals surface area (Å²) in [6, 6.07) is 61.6. The Hall–Kier alpha value is -13.7. The summed E-state index contributed by atoms with van der Waals surface area (Å²) in [7, 11) is 6.85. The van der Waals surface area contributed by atoms with Gasteiger partial charge in [0.1, 0.15) is 50.5 Å². The van der Waals surface area contributed by atoms with Crippen LogP contribution >= 0.6 is 0 Å². The van der Waals surface area contributed by atoms with E-state index < -0.39 is 129 Å². The smallest absolute Gasteiger partial charge is 0.227 e. The fourth-order valence-electron chi connectivity index (χ4n) is 21.5. The van der Waals surface area contributed by atoms with Gasteiger partial charge >= 0.3 is 0 Å². The molecule has 10 heteroatoms. The average molecular weight is 1800 g/mol. The van der Waals surface area contributed by atoms with Crippen LogP contribution in [-0.4, -0.2) is 9.97 Å². The highest BCUT2D eigenvalue weighted by Crippen LogP contribution is 2.60. The maximum absolute atomic E-state index is 9.61. The lowest BCUT2D eigenvalue weighted by Gasteiger charge is -2.34. The van der Waals surface area contributed by atoms with E-state index in [2.05, 4.69) is 57.2 Å². The van der Waals surface area contributed by atoms with Crippen LogP contribution < -0.4 is 18.3 Å². The van der Waals surface area contributed by atoms with Gasteiger partial charge < -0.3 is 17.7 Å². The second-order valence-corrected chi connectivity index (χ2v) is 36.4. The van der Waals surface area contributed by atoms with E-state index in [9.17, 15) is 5.48 Å². The van der Waals surface area contributed by atoms with Gasteiger partial charge in [-0.1, -0.05) is 239 Å². The number of aryl methyl sites for hydroxylation is 14. The second kappa shape index (κ2) is 32.0. The highest BCUT2D eigenvalue weighted by molar-refractivity contribution is 6.18. The molecule has 10 aromatic heterocycles. The van der Waals surface area contributed by atoms with Crippen molar-refractivity contribution in [3.05, 3.63) is 344 Å². The van der Waals surface area contributed by atoms with E-state index in [1.807, 2.05) is 99.2 Å². The summed E-state index contributed by atoms with van der Waals surface area (Å²) in [5.74, 6) is -6.14. The first kappa shape index (κ1) is 51.5. The second-order valence-electron chi connectivity index (χ2n) is 36.4. The Balaban J connectivity index is 0.000000133. The molecule has 134 heavy (non-hydrogen) atoms. The minimum absolute atomic E-state index is 0.104. The van der Waals surface area contributed by atoms with Crippen LogP contribution in [0.2, 0.25) is 0 Å². The summed E-state index contributed by atoms with van der Waals surface area (Å²) in [6.45, 7) is -18.9. The van der Waals surface area contributed by atoms with Crippen LogP contribution in [0.25, 0.3) is 178 Å². The minimum atomic E-state index is -3.45. The predicted octanol–water partition coefficient (Wildman–Crippen LogP) is 30.2. The molecule has 24 rings (SSSR count). The van der Waals surface area contributed by atoms with Gasteiger partial charge in [0.05, 0.1) is 33.3 Å². The van der Waals surface area contributed by atoms with Gasteiger partial charge in [0.25, 0.3) is 0 Å². The molecule has 10 aromatic carbocycles. The van der Waals surface area contributed by atoms with Crippen molar-refractivity contribution in [2.75, 3.05) is 0 Å². The summed E-state index contributed by atoms with van der Waals surface area (Å²) < 4.78 is 382. The number of rotatable bonds is 10. The molecule has 0 N–H and O–H groups in total. The molecule has 10 heterocycles. The first-order valence-corrected chi connectivity index (χ1v) is 44.2. The molecular weight excluding hydrogens is 1640 g/mol. The zero-order valence-electron chi connectivity index (χ0n) is 118. The Morgan fingerprint density at radius 3 is 1.26 bits per heavy atom. The van der Waals surface area contributed by atoms with Gasteiger partial charge in [0, 0.05) is 192 Å². The van der Waals surface area contributed by atoms with Gasteiger partial charge in [-0.05, 0) is 219 Å². The van der Waals surface area contributed by atoms with Crippen molar-refractivity contribution in [2.45, 2.75) is 185 Å². The number of pyridine rings is 6. The molecule has 0 fully saturated rings. The molecule has 0 aliphatic heterocycles. The zero-order chi connectivity index (χ0) is 129. The van der Waals surface area contributed by atoms with Crippen LogP contribution in [0, 0.1) is 80.6 Å². The number of aromatic nitrogens is 6. The van der Waals surface area contributed by atoms with E-state index in [1.54, 1.807) is 126 Å². The van der Waals surface area contributed by atoms with E-state index in [4.69, 9.17) is 79.7 Å². The number of fused-ring (bicyclic) bond motifs is 27. The van der Waals surface area contributed by atoms with Crippen molar-refractivity contribution in [2.24, 2.45) is 40.0 Å². The lowest BCUT2D eigenvalue weighted by molar-refractivity contribution is -0.660. The Morgan fingerprint density at radius 2 is 0.761 bits per heavy atom. The molecular formula is C124H122N6O4+4. The minimum Gasteiger partial charge on any atom is -0.454 e. The molecule has 10 nitrogen and oxygen atoms in total. The van der Waals surface area contributed by atoms with Crippen molar-refractivity contribution in [3.63, 3.8) is 0 Å². The quantitative estimate of drug-likeness (QED) is 0.127. The standard InChI is InChI=1S/C34H37N2O.C32H32NO.C30H28NO.C28H25N2O/c1-20(2)17-34(18-21(3)4)28-11-9-8-10-24(28)26-16-27-25-14-13-23(6)30(29-15-12-22(5)19-36(29)7)31(25)37-33(27)35-32(26)34;1-7-32(8-2)25-12-10-9-11-24(25)29-26(32)16-15-23-22-14-13-19(3)28(30(22)34-31(23)29)27-17-20(4)21(5)18-33(27)6;1-17-11-12-20-21-13-14-24-27(22-9-7-8-10-23(22)30(24,4)5)29(21)32-28(20)26(17)25-15-18(2)19(3)16-31(25)6;1-16-10-13-22(30(5)15-16)23-17(2)11-12-19-24-25-20(14-29-27(24)31-26(19)23)18-8-6-7-9-21(18)28(25,3)4/h8-16,19-21H,17-18H2,1-7H3;9-18H,7-8H2,1-6H3;7-16H,1-6H3;6-15H,1-5H3/q4*+1/i1D3,3D3,5D3,17D2,18D2,20D,21D;1D3,2D3,4D3,5D3;2D3,3D3,4D3,5D3;1D3. The molecule has 0 saturated carbocycles. The maximum Gasteiger partial charge on any atom is 0.227 e. The molecule has 0 spiro atoms. The molecule has 0 amide bonds. The Morgan fingerprint density at radius 1 is 0.351 bits per heavy atom. The van der Waals surface area contributed by atoms with Crippen LogP contribution in [0.4, 0.5) is 0 Å². The van der Waals surface area contributed by atoms with Crippen LogP contribution in [-0.2, 0) is 49.9 Å². The summed E-state index contributed by atoms with van der Waals surface area (Å²) in [4.78, 5) is 9.50. The predicted molar refractivity (Wildman–Crippen MR) is 551 cm³/mol. The van der Waals surface area contributed by atoms with Gasteiger partial charge in [-0.25, -0.2) is 28.2 Å². The molecule has 20 aromatic rings. The number of benzene rings is 10. The van der Waals surface area contributed by atoms with E-state index >= 15 is 0 Å². The van der Waals surface area contributed by atoms with Gasteiger partial charge in [0.2, 0.25) is 34.2 Å². The fraction of sp³-hybridized carbons (Fsp3) is 0.274. The molecule has 2 atom stereocenters. The van der Waals surface area contributed by atoms with Crippen LogP contribution in [0.3, 0.4) is 0 Å². The highest BCUT2D eigenvalue weighted by atomic mass is 16.3. The molecule has 0 radical (unpaired) electrons. The summed E-state index contributed by atoms with van der Waals surface area (Å²) in [5.41, 5.74) is 12.5. The van der Waals surface area contributed by atoms with E-state index in [-0.39, 0.29) is 79.6 Å². The van der Waals surface area contributed by atoms with E-state index in [0.717, 1.165) is 80.1 Å². The molecule has 0 saturated heterocycles. The summed E-state index contributed by atoms with van der Waals surface area (Å²) >= 11 is 0. The normalized spacial score (nSPS) is 21.7. The topological polar surface area (TPSA) is 93.9 Å². The Kier molecular flexibility index (Phi) is 12.3. The van der Waals surface area contributed by atoms with Gasteiger partial charge in [-0.15, -0.1) is 0 Å². The summed E-state index contributed by atoms with van der Waals surface area (Å²) in [5, 5.41) is 5.79. The number of nitrogens with zero attached hydrogens (tertiary/aromatic N) is 6. The largest absolute Gasteiger partial charge is 0.454 e. The molecule has 4 aliphatic rings.